The third-order valence-corrected chi connectivity index (χ3v) is 3.38. The zero-order valence-electron chi connectivity index (χ0n) is 9.32. The summed E-state index contributed by atoms with van der Waals surface area (Å²) in [7, 11) is 0. The molecule has 0 aromatic rings. The first-order chi connectivity index (χ1) is 7.40. The number of nitrogens with zero attached hydrogens (tertiary/aromatic N) is 2. The lowest BCUT2D eigenvalue weighted by Gasteiger charge is -2.32. The van der Waals surface area contributed by atoms with Crippen LogP contribution >= 0.6 is 0 Å². The maximum atomic E-state index is 5.37. The quantitative estimate of drug-likeness (QED) is 0.625. The molecule has 2 fully saturated rings. The van der Waals surface area contributed by atoms with Crippen molar-refractivity contribution >= 4 is 0 Å². The van der Waals surface area contributed by atoms with Gasteiger partial charge in [0.1, 0.15) is 0 Å². The maximum Gasteiger partial charge on any atom is 0.0594 e. The number of hydrogen-bond acceptors (Lipinski definition) is 3. The van der Waals surface area contributed by atoms with E-state index in [9.17, 15) is 0 Å². The van der Waals surface area contributed by atoms with E-state index in [1.165, 1.54) is 19.5 Å². The lowest BCUT2D eigenvalue weighted by atomic mass is 10.2. The topological polar surface area (TPSA) is 15.7 Å². The molecule has 3 heteroatoms. The van der Waals surface area contributed by atoms with Crippen LogP contribution in [0.15, 0.2) is 0 Å². The molecule has 0 amide bonds. The molecule has 3 nitrogen and oxygen atoms in total. The Morgan fingerprint density at radius 3 is 2.80 bits per heavy atom. The summed E-state index contributed by atoms with van der Waals surface area (Å²) >= 11 is 0. The van der Waals surface area contributed by atoms with Crippen LogP contribution in [0.5, 0.6) is 0 Å². The van der Waals surface area contributed by atoms with Crippen LogP contribution in [0.2, 0.25) is 0 Å². The van der Waals surface area contributed by atoms with Crippen LogP contribution in [0.1, 0.15) is 12.8 Å². The summed E-state index contributed by atoms with van der Waals surface area (Å²) in [5, 5.41) is 0. The number of rotatable bonds is 3. The summed E-state index contributed by atoms with van der Waals surface area (Å²) in [6.45, 7) is 7.49. The Balaban J connectivity index is 1.74. The van der Waals surface area contributed by atoms with Crippen molar-refractivity contribution in [2.45, 2.75) is 18.9 Å². The van der Waals surface area contributed by atoms with Crippen LogP contribution in [0.25, 0.3) is 0 Å². The first-order valence-corrected chi connectivity index (χ1v) is 5.88. The molecule has 0 aromatic carbocycles. The van der Waals surface area contributed by atoms with Gasteiger partial charge >= 0.3 is 0 Å². The summed E-state index contributed by atoms with van der Waals surface area (Å²) in [4.78, 5) is 5.05. The minimum absolute atomic E-state index is 0.742. The highest BCUT2D eigenvalue weighted by Crippen LogP contribution is 2.16. The maximum absolute atomic E-state index is 5.37. The molecule has 2 saturated heterocycles. The Kier molecular flexibility index (Phi) is 4.01. The van der Waals surface area contributed by atoms with E-state index in [0.717, 1.165) is 45.3 Å². The molecule has 0 bridgehead atoms. The van der Waals surface area contributed by atoms with Crippen molar-refractivity contribution < 1.29 is 4.74 Å². The first kappa shape index (κ1) is 10.9. The second kappa shape index (κ2) is 5.50. The zero-order chi connectivity index (χ0) is 10.5. The van der Waals surface area contributed by atoms with Crippen LogP contribution in [0.3, 0.4) is 0 Å². The van der Waals surface area contributed by atoms with Gasteiger partial charge in [-0.15, -0.1) is 12.3 Å². The van der Waals surface area contributed by atoms with Gasteiger partial charge in [0.2, 0.25) is 0 Å². The number of ether oxygens (including phenoxy) is 1. The second-order valence-corrected chi connectivity index (χ2v) is 4.35. The summed E-state index contributed by atoms with van der Waals surface area (Å²) in [5.74, 6) is 2.71. The van der Waals surface area contributed by atoms with Crippen LogP contribution < -0.4 is 0 Å². The molecule has 2 aliphatic heterocycles. The summed E-state index contributed by atoms with van der Waals surface area (Å²) in [5.41, 5.74) is 0. The molecular formula is C12H20N2O. The fourth-order valence-corrected chi connectivity index (χ4v) is 2.48. The van der Waals surface area contributed by atoms with E-state index in [0.29, 0.717) is 0 Å². The van der Waals surface area contributed by atoms with Crippen LogP contribution in [0.4, 0.5) is 0 Å². The van der Waals surface area contributed by atoms with Crippen molar-refractivity contribution in [3.8, 4) is 12.3 Å². The minimum atomic E-state index is 0.742. The van der Waals surface area contributed by atoms with Crippen LogP contribution in [-0.2, 0) is 4.74 Å². The van der Waals surface area contributed by atoms with Gasteiger partial charge < -0.3 is 9.64 Å². The number of morpholine rings is 1. The third kappa shape index (κ3) is 2.94. The highest BCUT2D eigenvalue weighted by Gasteiger charge is 2.27. The third-order valence-electron chi connectivity index (χ3n) is 3.38. The average Bonchev–Trinajstić information content (AvgIpc) is 2.76. The molecule has 1 atom stereocenters. The Bertz CT molecular complexity index is 230. The monoisotopic (exact) mass is 208 g/mol. The van der Waals surface area contributed by atoms with Crippen molar-refractivity contribution in [1.82, 2.24) is 9.80 Å². The van der Waals surface area contributed by atoms with Gasteiger partial charge in [0.15, 0.2) is 0 Å². The van der Waals surface area contributed by atoms with Gasteiger partial charge in [-0.05, 0) is 13.0 Å². The average molecular weight is 208 g/mol. The van der Waals surface area contributed by atoms with E-state index in [1.807, 2.05) is 0 Å². The highest BCUT2D eigenvalue weighted by atomic mass is 16.5. The lowest BCUT2D eigenvalue weighted by molar-refractivity contribution is 0.0185. The summed E-state index contributed by atoms with van der Waals surface area (Å²) in [6, 6.07) is 0.742. The molecule has 1 unspecified atom stereocenters. The van der Waals surface area contributed by atoms with Crippen molar-refractivity contribution in [1.29, 1.82) is 0 Å². The first-order valence-electron chi connectivity index (χ1n) is 5.88. The molecule has 2 rings (SSSR count). The Morgan fingerprint density at radius 1 is 1.27 bits per heavy atom. The second-order valence-electron chi connectivity index (χ2n) is 4.35. The Hall–Kier alpha value is -0.560. The van der Waals surface area contributed by atoms with Gasteiger partial charge in [-0.25, -0.2) is 0 Å². The molecule has 0 radical (unpaired) electrons. The minimum Gasteiger partial charge on any atom is -0.379 e. The highest BCUT2D eigenvalue weighted by molar-refractivity contribution is 4.89. The molecule has 0 saturated carbocycles. The van der Waals surface area contributed by atoms with Gasteiger partial charge in [0.25, 0.3) is 0 Å². The largest absolute Gasteiger partial charge is 0.379 e. The van der Waals surface area contributed by atoms with Crippen LogP contribution in [-0.4, -0.2) is 61.8 Å². The molecule has 2 heterocycles. The van der Waals surface area contributed by atoms with E-state index < -0.39 is 0 Å². The van der Waals surface area contributed by atoms with E-state index in [4.69, 9.17) is 11.2 Å². The van der Waals surface area contributed by atoms with Gasteiger partial charge in [-0.3, -0.25) is 4.90 Å². The Morgan fingerprint density at radius 2 is 2.07 bits per heavy atom. The van der Waals surface area contributed by atoms with Crippen molar-refractivity contribution in [2.75, 3.05) is 45.9 Å². The van der Waals surface area contributed by atoms with Crippen molar-refractivity contribution in [2.24, 2.45) is 0 Å². The molecular weight excluding hydrogens is 188 g/mol. The van der Waals surface area contributed by atoms with E-state index in [1.54, 1.807) is 0 Å². The summed E-state index contributed by atoms with van der Waals surface area (Å²) in [6.07, 6.45) is 7.46. The molecule has 0 N–H and O–H groups in total. The standard InChI is InChI=1S/C12H20N2O/c1-2-3-5-13-6-4-12(11-13)14-7-9-15-10-8-14/h1,12H,3-11H2. The summed E-state index contributed by atoms with van der Waals surface area (Å²) < 4.78 is 5.37. The molecule has 2 aliphatic rings. The van der Waals surface area contributed by atoms with Gasteiger partial charge in [0, 0.05) is 38.6 Å². The molecule has 0 aliphatic carbocycles. The van der Waals surface area contributed by atoms with E-state index >= 15 is 0 Å². The van der Waals surface area contributed by atoms with Gasteiger partial charge in [0.05, 0.1) is 13.2 Å². The lowest BCUT2D eigenvalue weighted by Crippen LogP contribution is -2.44. The fraction of sp³-hybridized carbons (Fsp3) is 0.833. The fourth-order valence-electron chi connectivity index (χ4n) is 2.48. The molecule has 84 valence electrons. The molecule has 0 spiro atoms. The van der Waals surface area contributed by atoms with E-state index in [2.05, 4.69) is 15.7 Å². The van der Waals surface area contributed by atoms with Crippen LogP contribution in [0, 0.1) is 12.3 Å². The number of hydrogen-bond donors (Lipinski definition) is 0. The predicted molar refractivity (Wildman–Crippen MR) is 60.7 cm³/mol. The smallest absolute Gasteiger partial charge is 0.0594 e. The molecule has 15 heavy (non-hydrogen) atoms. The predicted octanol–water partition coefficient (Wildman–Crippen LogP) is 0.416. The van der Waals surface area contributed by atoms with Crippen molar-refractivity contribution in [3.63, 3.8) is 0 Å². The van der Waals surface area contributed by atoms with Crippen molar-refractivity contribution in [3.05, 3.63) is 0 Å². The normalized spacial score (nSPS) is 29.1. The van der Waals surface area contributed by atoms with Gasteiger partial charge in [-0.2, -0.15) is 0 Å². The number of terminal acetylenes is 1. The molecule has 0 aromatic heterocycles. The van der Waals surface area contributed by atoms with Gasteiger partial charge in [-0.1, -0.05) is 0 Å². The van der Waals surface area contributed by atoms with E-state index in [-0.39, 0.29) is 0 Å². The number of likely N-dealkylation sites (tertiary alicyclic amines) is 1. The Labute approximate surface area is 92.4 Å². The zero-order valence-corrected chi connectivity index (χ0v) is 9.32. The SMILES string of the molecule is C#CCCN1CCC(N2CCOCC2)C1.